The summed E-state index contributed by atoms with van der Waals surface area (Å²) in [4.78, 5) is 0. The quantitative estimate of drug-likeness (QED) is 0.187. The molecule has 3 aromatic carbocycles. The fourth-order valence-electron chi connectivity index (χ4n) is 5.48. The minimum absolute atomic E-state index is 0.0985. The molecule has 0 saturated carbocycles. The second kappa shape index (κ2) is 9.58. The minimum atomic E-state index is -1.40. The average molecular weight is 512 g/mol. The highest BCUT2D eigenvalue weighted by molar-refractivity contribution is 6.88. The topological polar surface area (TPSA) is 8.81 Å². The van der Waals surface area contributed by atoms with Crippen LogP contribution in [0.2, 0.25) is 19.6 Å². The van der Waals surface area contributed by atoms with Crippen molar-refractivity contribution in [1.29, 1.82) is 0 Å². The van der Waals surface area contributed by atoms with Crippen LogP contribution in [0.4, 0.5) is 0 Å². The molecule has 0 aliphatic carbocycles. The van der Waals surface area contributed by atoms with E-state index in [2.05, 4.69) is 146 Å². The summed E-state index contributed by atoms with van der Waals surface area (Å²) in [5.74, 6) is 2.07. The SMILES string of the molecule is Cc1cc([Si](C)(C)C)ccc1-c1n(-c2c(C(C)C)cc(C(C)(C)C)cc2C(C)C)c2ccccc2[n+]1C. The van der Waals surface area contributed by atoms with Crippen LogP contribution in [-0.2, 0) is 12.5 Å². The van der Waals surface area contributed by atoms with Crippen LogP contribution >= 0.6 is 0 Å². The lowest BCUT2D eigenvalue weighted by atomic mass is 9.81. The van der Waals surface area contributed by atoms with Crippen LogP contribution in [0, 0.1) is 6.92 Å². The van der Waals surface area contributed by atoms with Crippen molar-refractivity contribution in [2.24, 2.45) is 7.05 Å². The van der Waals surface area contributed by atoms with Crippen molar-refractivity contribution < 1.29 is 4.57 Å². The molecule has 0 saturated heterocycles. The lowest BCUT2D eigenvalue weighted by Gasteiger charge is -2.26. The third-order valence-electron chi connectivity index (χ3n) is 7.85. The van der Waals surface area contributed by atoms with E-state index in [-0.39, 0.29) is 5.41 Å². The molecular weight excluding hydrogens is 464 g/mol. The maximum atomic E-state index is 2.57. The number of aromatic nitrogens is 2. The Kier molecular flexibility index (Phi) is 7.09. The summed E-state index contributed by atoms with van der Waals surface area (Å²) >= 11 is 0. The maximum absolute atomic E-state index is 2.57. The van der Waals surface area contributed by atoms with Crippen LogP contribution in [0.5, 0.6) is 0 Å². The summed E-state index contributed by atoms with van der Waals surface area (Å²) in [7, 11) is 0.833. The number of hydrogen-bond acceptors (Lipinski definition) is 0. The molecule has 0 radical (unpaired) electrons. The molecule has 2 nitrogen and oxygen atoms in total. The fraction of sp³-hybridized carbons (Fsp3) is 0.441. The number of hydrogen-bond donors (Lipinski definition) is 0. The van der Waals surface area contributed by atoms with Gasteiger partial charge >= 0.3 is 0 Å². The Labute approximate surface area is 226 Å². The van der Waals surface area contributed by atoms with Gasteiger partial charge in [-0.25, -0.2) is 4.57 Å². The number of benzene rings is 3. The second-order valence-corrected chi connectivity index (χ2v) is 18.6. The molecule has 1 heterocycles. The lowest BCUT2D eigenvalue weighted by Crippen LogP contribution is -2.38. The molecule has 4 rings (SSSR count). The summed E-state index contributed by atoms with van der Waals surface area (Å²) in [5.41, 5.74) is 10.9. The minimum Gasteiger partial charge on any atom is -0.225 e. The predicted octanol–water partition coefficient (Wildman–Crippen LogP) is 8.52. The molecule has 0 spiro atoms. The normalized spacial score (nSPS) is 12.8. The summed E-state index contributed by atoms with van der Waals surface area (Å²) in [6.45, 7) is 25.9. The lowest BCUT2D eigenvalue weighted by molar-refractivity contribution is -0.633. The van der Waals surface area contributed by atoms with Crippen LogP contribution in [-0.4, -0.2) is 12.6 Å². The molecule has 37 heavy (non-hydrogen) atoms. The first-order chi connectivity index (χ1) is 17.1. The third kappa shape index (κ3) is 4.95. The summed E-state index contributed by atoms with van der Waals surface area (Å²) in [6, 6.07) is 21.0. The van der Waals surface area contributed by atoms with Gasteiger partial charge in [0.15, 0.2) is 11.0 Å². The van der Waals surface area contributed by atoms with Crippen LogP contribution in [0.1, 0.15) is 82.6 Å². The molecule has 4 aromatic rings. The highest BCUT2D eigenvalue weighted by Crippen LogP contribution is 2.40. The van der Waals surface area contributed by atoms with Crippen molar-refractivity contribution in [2.75, 3.05) is 0 Å². The van der Waals surface area contributed by atoms with Gasteiger partial charge in [0.05, 0.1) is 20.7 Å². The van der Waals surface area contributed by atoms with Crippen molar-refractivity contribution in [3.8, 4) is 17.1 Å². The maximum Gasteiger partial charge on any atom is 0.295 e. The summed E-state index contributed by atoms with van der Waals surface area (Å²) in [5, 5.41) is 1.51. The molecule has 0 N–H and O–H groups in total. The van der Waals surface area contributed by atoms with Gasteiger partial charge < -0.3 is 0 Å². The van der Waals surface area contributed by atoms with Crippen molar-refractivity contribution >= 4 is 24.3 Å². The second-order valence-electron chi connectivity index (χ2n) is 13.5. The van der Waals surface area contributed by atoms with Gasteiger partial charge in [0.2, 0.25) is 0 Å². The number of para-hydroxylation sites is 2. The molecule has 3 heteroatoms. The Hall–Kier alpha value is -2.65. The Morgan fingerprint density at radius 1 is 0.811 bits per heavy atom. The van der Waals surface area contributed by atoms with E-state index in [1.54, 1.807) is 0 Å². The van der Waals surface area contributed by atoms with Gasteiger partial charge in [-0.3, -0.25) is 0 Å². The molecule has 0 aliphatic heterocycles. The van der Waals surface area contributed by atoms with Crippen molar-refractivity contribution in [1.82, 2.24) is 4.57 Å². The molecular formula is C34H47N2Si+. The van der Waals surface area contributed by atoms with E-state index in [1.807, 2.05) is 0 Å². The van der Waals surface area contributed by atoms with Crippen molar-refractivity contribution in [3.63, 3.8) is 0 Å². The van der Waals surface area contributed by atoms with E-state index in [0.717, 1.165) is 0 Å². The summed E-state index contributed by atoms with van der Waals surface area (Å²) in [6.07, 6.45) is 0. The van der Waals surface area contributed by atoms with Crippen LogP contribution in [0.15, 0.2) is 54.6 Å². The van der Waals surface area contributed by atoms with Crippen molar-refractivity contribution in [3.05, 3.63) is 76.9 Å². The number of fused-ring (bicyclic) bond motifs is 1. The number of rotatable bonds is 5. The van der Waals surface area contributed by atoms with Crippen molar-refractivity contribution in [2.45, 2.75) is 92.3 Å². The number of imidazole rings is 1. The average Bonchev–Trinajstić information content (AvgIpc) is 3.08. The zero-order valence-electron chi connectivity index (χ0n) is 25.2. The van der Waals surface area contributed by atoms with Crippen LogP contribution < -0.4 is 9.75 Å². The Bertz CT molecular complexity index is 1430. The molecule has 1 aromatic heterocycles. The van der Waals surface area contributed by atoms with E-state index in [1.165, 1.54) is 55.5 Å². The third-order valence-corrected chi connectivity index (χ3v) is 9.89. The monoisotopic (exact) mass is 511 g/mol. The Morgan fingerprint density at radius 3 is 1.86 bits per heavy atom. The molecule has 0 fully saturated rings. The van der Waals surface area contributed by atoms with Gasteiger partial charge in [0.25, 0.3) is 5.82 Å². The highest BCUT2D eigenvalue weighted by Gasteiger charge is 2.33. The molecule has 0 atom stereocenters. The van der Waals surface area contributed by atoms with Gasteiger partial charge in [-0.2, -0.15) is 4.57 Å². The predicted molar refractivity (Wildman–Crippen MR) is 164 cm³/mol. The van der Waals surface area contributed by atoms with E-state index in [4.69, 9.17) is 0 Å². The van der Waals surface area contributed by atoms with Gasteiger partial charge in [-0.05, 0) is 53.5 Å². The van der Waals surface area contributed by atoms with E-state index >= 15 is 0 Å². The first-order valence-corrected chi connectivity index (χ1v) is 17.4. The van der Waals surface area contributed by atoms with E-state index < -0.39 is 8.07 Å². The molecule has 0 unspecified atom stereocenters. The fourth-order valence-corrected chi connectivity index (χ4v) is 6.71. The van der Waals surface area contributed by atoms with Crippen LogP contribution in [0.25, 0.3) is 28.1 Å². The first-order valence-electron chi connectivity index (χ1n) is 13.9. The first kappa shape index (κ1) is 27.4. The number of aryl methyl sites for hydroxylation is 2. The van der Waals surface area contributed by atoms with Gasteiger partial charge in [0.1, 0.15) is 5.69 Å². The summed E-state index contributed by atoms with van der Waals surface area (Å²) < 4.78 is 4.97. The molecule has 0 aliphatic rings. The van der Waals surface area contributed by atoms with Gasteiger partial charge in [0, 0.05) is 11.1 Å². The molecule has 196 valence electrons. The zero-order valence-corrected chi connectivity index (χ0v) is 26.2. The Balaban J connectivity index is 2.18. The van der Waals surface area contributed by atoms with E-state index in [0.29, 0.717) is 11.8 Å². The smallest absolute Gasteiger partial charge is 0.225 e. The zero-order chi connectivity index (χ0) is 27.4. The standard InChI is InChI=1S/C34H47N2Si/c1-22(2)28-20-25(34(6,7)8)21-29(23(3)4)32(28)36-31-16-14-13-15-30(31)35(9)33(36)27-18-17-26(19-24(27)5)37(10,11)12/h13-23H,1-12H3/q+1. The van der Waals surface area contributed by atoms with E-state index in [9.17, 15) is 0 Å². The van der Waals surface area contributed by atoms with Crippen LogP contribution in [0.3, 0.4) is 0 Å². The molecule has 0 bridgehead atoms. The number of nitrogens with zero attached hydrogens (tertiary/aromatic N) is 2. The highest BCUT2D eigenvalue weighted by atomic mass is 28.3. The Morgan fingerprint density at radius 2 is 1.38 bits per heavy atom. The molecule has 0 amide bonds. The van der Waals surface area contributed by atoms with Gasteiger partial charge in [-0.1, -0.05) is 110 Å². The largest absolute Gasteiger partial charge is 0.295 e. The van der Waals surface area contributed by atoms with Gasteiger partial charge in [-0.15, -0.1) is 0 Å².